The molecule has 0 amide bonds. The van der Waals surface area contributed by atoms with Crippen molar-refractivity contribution in [2.24, 2.45) is 0 Å². The number of nitrogens with one attached hydrogen (secondary N) is 1. The molecule has 4 aromatic rings. The molecule has 0 saturated heterocycles. The predicted octanol–water partition coefficient (Wildman–Crippen LogP) is 2.49. The molecule has 8 heteroatoms. The number of anilines is 1. The third-order valence-corrected chi connectivity index (χ3v) is 4.08. The minimum atomic E-state index is 0.0935. The normalized spacial score (nSPS) is 12.4. The van der Waals surface area contributed by atoms with Crippen LogP contribution in [0.25, 0.3) is 11.3 Å². The quantitative estimate of drug-likeness (QED) is 0.617. The minimum Gasteiger partial charge on any atom is -0.362 e. The zero-order valence-electron chi connectivity index (χ0n) is 14.2. The van der Waals surface area contributed by atoms with Crippen molar-refractivity contribution >= 4 is 11.5 Å². The number of nitrogens with zero attached hydrogens (tertiary/aromatic N) is 7. The first-order valence-corrected chi connectivity index (χ1v) is 8.06. The van der Waals surface area contributed by atoms with E-state index >= 15 is 0 Å². The first kappa shape index (κ1) is 15.3. The highest BCUT2D eigenvalue weighted by molar-refractivity contribution is 5.44. The lowest BCUT2D eigenvalue weighted by Gasteiger charge is -2.15. The smallest absolute Gasteiger partial charge is 0.200 e. The Bertz CT molecular complexity index is 1010. The Hall–Kier alpha value is -3.29. The Morgan fingerprint density at radius 2 is 1.80 bits per heavy atom. The standard InChI is InChI=1S/C17H18N8/c1-11-10-12(2)24(20-11)15-6-4-14(5-7-15)13(3)18-16-8-9-17-19-22-23-25(17)21-16/h4-10,13H,1-3H3,(H,18,21)/t13-/m1/s1. The summed E-state index contributed by atoms with van der Waals surface area (Å²) in [7, 11) is 0. The monoisotopic (exact) mass is 334 g/mol. The van der Waals surface area contributed by atoms with Gasteiger partial charge in [0.25, 0.3) is 0 Å². The molecule has 4 rings (SSSR count). The van der Waals surface area contributed by atoms with Gasteiger partial charge in [0.1, 0.15) is 5.82 Å². The summed E-state index contributed by atoms with van der Waals surface area (Å²) in [4.78, 5) is 0. The van der Waals surface area contributed by atoms with Crippen LogP contribution in [0.4, 0.5) is 5.82 Å². The van der Waals surface area contributed by atoms with Gasteiger partial charge >= 0.3 is 0 Å². The van der Waals surface area contributed by atoms with Crippen LogP contribution in [-0.2, 0) is 0 Å². The summed E-state index contributed by atoms with van der Waals surface area (Å²) in [5.41, 5.74) is 4.96. The van der Waals surface area contributed by atoms with E-state index in [0.29, 0.717) is 5.65 Å². The molecule has 0 aliphatic carbocycles. The van der Waals surface area contributed by atoms with Crippen molar-refractivity contribution in [2.45, 2.75) is 26.8 Å². The first-order chi connectivity index (χ1) is 12.1. The number of rotatable bonds is 4. The highest BCUT2D eigenvalue weighted by atomic mass is 15.6. The van der Waals surface area contributed by atoms with Crippen LogP contribution in [0.5, 0.6) is 0 Å². The number of benzene rings is 1. The van der Waals surface area contributed by atoms with E-state index in [1.165, 1.54) is 4.63 Å². The highest BCUT2D eigenvalue weighted by Crippen LogP contribution is 2.20. The molecule has 0 fully saturated rings. The van der Waals surface area contributed by atoms with Crippen molar-refractivity contribution in [2.75, 3.05) is 5.32 Å². The largest absolute Gasteiger partial charge is 0.362 e. The third-order valence-electron chi connectivity index (χ3n) is 4.08. The van der Waals surface area contributed by atoms with Crippen LogP contribution in [0.1, 0.15) is 29.9 Å². The van der Waals surface area contributed by atoms with Gasteiger partial charge in [0.05, 0.1) is 17.4 Å². The first-order valence-electron chi connectivity index (χ1n) is 8.06. The van der Waals surface area contributed by atoms with Crippen molar-refractivity contribution in [3.8, 4) is 5.69 Å². The molecule has 8 nitrogen and oxygen atoms in total. The zero-order valence-corrected chi connectivity index (χ0v) is 14.2. The van der Waals surface area contributed by atoms with Crippen molar-refractivity contribution in [3.05, 3.63) is 59.4 Å². The Labute approximate surface area is 144 Å². The molecule has 1 atom stereocenters. The van der Waals surface area contributed by atoms with Crippen LogP contribution in [0.15, 0.2) is 42.5 Å². The summed E-state index contributed by atoms with van der Waals surface area (Å²) in [5.74, 6) is 0.718. The molecule has 0 unspecified atom stereocenters. The Morgan fingerprint density at radius 3 is 2.52 bits per heavy atom. The van der Waals surface area contributed by atoms with Crippen LogP contribution in [0, 0.1) is 13.8 Å². The van der Waals surface area contributed by atoms with E-state index in [9.17, 15) is 0 Å². The van der Waals surface area contributed by atoms with E-state index in [-0.39, 0.29) is 6.04 Å². The van der Waals surface area contributed by atoms with Crippen LogP contribution in [0.3, 0.4) is 0 Å². The fourth-order valence-electron chi connectivity index (χ4n) is 2.83. The molecule has 1 aromatic carbocycles. The summed E-state index contributed by atoms with van der Waals surface area (Å²) >= 11 is 0. The predicted molar refractivity (Wildman–Crippen MR) is 93.7 cm³/mol. The van der Waals surface area contributed by atoms with Crippen LogP contribution in [0.2, 0.25) is 0 Å². The Balaban J connectivity index is 1.53. The fourth-order valence-corrected chi connectivity index (χ4v) is 2.83. The lowest BCUT2D eigenvalue weighted by atomic mass is 10.1. The summed E-state index contributed by atoms with van der Waals surface area (Å²) in [6.07, 6.45) is 0. The van der Waals surface area contributed by atoms with Gasteiger partial charge in [-0.25, -0.2) is 4.68 Å². The molecular formula is C17H18N8. The van der Waals surface area contributed by atoms with Crippen molar-refractivity contribution in [1.29, 1.82) is 0 Å². The third kappa shape index (κ3) is 2.93. The van der Waals surface area contributed by atoms with Crippen LogP contribution >= 0.6 is 0 Å². The number of aromatic nitrogens is 7. The number of hydrogen-bond donors (Lipinski definition) is 1. The SMILES string of the molecule is Cc1cc(C)n(-c2ccc([C@@H](C)Nc3ccc4nnnn4n3)cc2)n1. The van der Waals surface area contributed by atoms with Crippen LogP contribution in [-0.4, -0.2) is 35.0 Å². The van der Waals surface area contributed by atoms with Gasteiger partial charge in [-0.2, -0.15) is 5.10 Å². The van der Waals surface area contributed by atoms with E-state index in [1.807, 2.05) is 23.7 Å². The van der Waals surface area contributed by atoms with Crippen molar-refractivity contribution < 1.29 is 0 Å². The molecule has 3 heterocycles. The van der Waals surface area contributed by atoms with Gasteiger partial charge in [-0.3, -0.25) is 0 Å². The van der Waals surface area contributed by atoms with Crippen molar-refractivity contribution in [3.63, 3.8) is 0 Å². The molecular weight excluding hydrogens is 316 g/mol. The molecule has 0 radical (unpaired) electrons. The molecule has 0 bridgehead atoms. The van der Waals surface area contributed by atoms with E-state index in [2.05, 4.69) is 75.2 Å². The fraction of sp³-hybridized carbons (Fsp3) is 0.235. The second kappa shape index (κ2) is 5.97. The number of aryl methyl sites for hydroxylation is 2. The molecule has 126 valence electrons. The lowest BCUT2D eigenvalue weighted by molar-refractivity contribution is 0.728. The average Bonchev–Trinajstić information content (AvgIpc) is 3.20. The lowest BCUT2D eigenvalue weighted by Crippen LogP contribution is -2.10. The van der Waals surface area contributed by atoms with E-state index in [0.717, 1.165) is 28.5 Å². The molecule has 0 saturated carbocycles. The van der Waals surface area contributed by atoms with Gasteiger partial charge in [-0.15, -0.1) is 14.8 Å². The van der Waals surface area contributed by atoms with E-state index in [4.69, 9.17) is 0 Å². The van der Waals surface area contributed by atoms with Gasteiger partial charge in [-0.05, 0) is 67.1 Å². The van der Waals surface area contributed by atoms with Gasteiger partial charge in [0, 0.05) is 5.69 Å². The molecule has 0 aliphatic rings. The summed E-state index contributed by atoms with van der Waals surface area (Å²) in [5, 5.41) is 23.5. The average molecular weight is 334 g/mol. The second-order valence-electron chi connectivity index (χ2n) is 6.04. The topological polar surface area (TPSA) is 85.8 Å². The second-order valence-corrected chi connectivity index (χ2v) is 6.04. The molecule has 0 aliphatic heterocycles. The van der Waals surface area contributed by atoms with Gasteiger partial charge in [-0.1, -0.05) is 12.1 Å². The summed E-state index contributed by atoms with van der Waals surface area (Å²) in [6.45, 7) is 6.14. The number of hydrogen-bond acceptors (Lipinski definition) is 6. The summed E-state index contributed by atoms with van der Waals surface area (Å²) in [6, 6.07) is 14.2. The molecule has 0 spiro atoms. The maximum absolute atomic E-state index is 4.52. The maximum atomic E-state index is 4.52. The molecule has 1 N–H and O–H groups in total. The van der Waals surface area contributed by atoms with Gasteiger partial charge in [0.2, 0.25) is 0 Å². The Kier molecular flexibility index (Phi) is 3.64. The van der Waals surface area contributed by atoms with Crippen LogP contribution < -0.4 is 5.32 Å². The zero-order chi connectivity index (χ0) is 17.4. The molecule has 25 heavy (non-hydrogen) atoms. The van der Waals surface area contributed by atoms with E-state index in [1.54, 1.807) is 0 Å². The maximum Gasteiger partial charge on any atom is 0.200 e. The van der Waals surface area contributed by atoms with Gasteiger partial charge in [0.15, 0.2) is 5.65 Å². The van der Waals surface area contributed by atoms with E-state index < -0.39 is 0 Å². The molecule has 3 aromatic heterocycles. The number of fused-ring (bicyclic) bond motifs is 1. The highest BCUT2D eigenvalue weighted by Gasteiger charge is 2.09. The Morgan fingerprint density at radius 1 is 1.00 bits per heavy atom. The van der Waals surface area contributed by atoms with Gasteiger partial charge < -0.3 is 5.32 Å². The number of tetrazole rings is 1. The summed E-state index contributed by atoms with van der Waals surface area (Å²) < 4.78 is 3.35. The minimum absolute atomic E-state index is 0.0935. The van der Waals surface area contributed by atoms with Crippen molar-refractivity contribution in [1.82, 2.24) is 35.0 Å².